The highest BCUT2D eigenvalue weighted by atomic mass is 16.5. The van der Waals surface area contributed by atoms with E-state index in [2.05, 4.69) is 4.57 Å². The van der Waals surface area contributed by atoms with Gasteiger partial charge in [-0.3, -0.25) is 0 Å². The molecule has 3 aromatic rings. The van der Waals surface area contributed by atoms with Crippen LogP contribution >= 0.6 is 0 Å². The minimum atomic E-state index is -0.356. The largest absolute Gasteiger partial charge is 0.507 e. The number of phenolic OH excluding ortho intramolecular Hbond substituents is 1. The highest BCUT2D eigenvalue weighted by molar-refractivity contribution is 6.05. The van der Waals surface area contributed by atoms with Gasteiger partial charge in [-0.15, -0.1) is 0 Å². The number of aromatic hydroxyl groups is 1. The number of nitrogens with zero attached hydrogens (tertiary/aromatic N) is 1. The van der Waals surface area contributed by atoms with Gasteiger partial charge in [0.15, 0.2) is 11.5 Å². The van der Waals surface area contributed by atoms with Gasteiger partial charge in [0.25, 0.3) is 0 Å². The van der Waals surface area contributed by atoms with Gasteiger partial charge in [-0.2, -0.15) is 0 Å². The molecule has 0 fully saturated rings. The van der Waals surface area contributed by atoms with Crippen molar-refractivity contribution in [2.75, 3.05) is 20.8 Å². The van der Waals surface area contributed by atoms with Crippen LogP contribution in [-0.4, -0.2) is 36.5 Å². The van der Waals surface area contributed by atoms with Gasteiger partial charge < -0.3 is 23.9 Å². The molecule has 6 nitrogen and oxygen atoms in total. The highest BCUT2D eigenvalue weighted by Gasteiger charge is 2.32. The van der Waals surface area contributed by atoms with Gasteiger partial charge in [-0.25, -0.2) is 4.79 Å². The Bertz CT molecular complexity index is 1200. The fourth-order valence-corrected chi connectivity index (χ4v) is 4.73. The summed E-state index contributed by atoms with van der Waals surface area (Å²) in [5.41, 5.74) is 7.68. The number of aryl methyl sites for hydroxylation is 3. The molecule has 0 saturated carbocycles. The predicted molar refractivity (Wildman–Crippen MR) is 124 cm³/mol. The zero-order chi connectivity index (χ0) is 23.2. The summed E-state index contributed by atoms with van der Waals surface area (Å²) in [6.45, 7) is 8.61. The van der Waals surface area contributed by atoms with Gasteiger partial charge in [0, 0.05) is 23.4 Å². The second-order valence-corrected chi connectivity index (χ2v) is 8.13. The van der Waals surface area contributed by atoms with E-state index >= 15 is 0 Å². The summed E-state index contributed by atoms with van der Waals surface area (Å²) in [7, 11) is 3.23. The van der Waals surface area contributed by atoms with Crippen LogP contribution in [0.3, 0.4) is 0 Å². The van der Waals surface area contributed by atoms with E-state index in [-0.39, 0.29) is 18.3 Å². The number of rotatable bonds is 5. The molecule has 0 amide bonds. The quantitative estimate of drug-likeness (QED) is 0.558. The van der Waals surface area contributed by atoms with Crippen molar-refractivity contribution >= 4 is 5.97 Å². The zero-order valence-corrected chi connectivity index (χ0v) is 19.5. The topological polar surface area (TPSA) is 69.9 Å². The molecule has 0 aliphatic carbocycles. The molecule has 6 heteroatoms. The molecule has 0 unspecified atom stereocenters. The molecule has 2 aromatic carbocycles. The van der Waals surface area contributed by atoms with E-state index < -0.39 is 0 Å². The number of fused-ring (bicyclic) bond motifs is 3. The maximum atomic E-state index is 13.3. The van der Waals surface area contributed by atoms with E-state index in [0.29, 0.717) is 17.1 Å². The molecule has 168 valence electrons. The van der Waals surface area contributed by atoms with Gasteiger partial charge in [-0.1, -0.05) is 0 Å². The molecule has 1 aliphatic rings. The van der Waals surface area contributed by atoms with Crippen LogP contribution in [0.4, 0.5) is 0 Å². The maximum Gasteiger partial charge on any atom is 0.340 e. The van der Waals surface area contributed by atoms with Crippen molar-refractivity contribution in [2.24, 2.45) is 0 Å². The van der Waals surface area contributed by atoms with Crippen molar-refractivity contribution in [1.29, 1.82) is 0 Å². The van der Waals surface area contributed by atoms with E-state index in [1.54, 1.807) is 14.2 Å². The zero-order valence-electron chi connectivity index (χ0n) is 19.5. The van der Waals surface area contributed by atoms with Gasteiger partial charge in [0.2, 0.25) is 0 Å². The Balaban J connectivity index is 2.06. The number of carbonyl (C=O) groups excluding carboxylic acids is 1. The summed E-state index contributed by atoms with van der Waals surface area (Å²) < 4.78 is 18.7. The van der Waals surface area contributed by atoms with Gasteiger partial charge in [0.1, 0.15) is 5.75 Å². The molecule has 0 bridgehead atoms. The minimum absolute atomic E-state index is 0.273. The first-order chi connectivity index (χ1) is 15.3. The lowest BCUT2D eigenvalue weighted by Gasteiger charge is -2.23. The summed E-state index contributed by atoms with van der Waals surface area (Å²) in [6.07, 6.45) is 0.813. The van der Waals surface area contributed by atoms with Crippen LogP contribution in [0.5, 0.6) is 17.2 Å². The number of ether oxygens (including phenoxy) is 3. The number of esters is 1. The van der Waals surface area contributed by atoms with Crippen LogP contribution in [0, 0.1) is 20.8 Å². The van der Waals surface area contributed by atoms with Crippen LogP contribution < -0.4 is 9.47 Å². The standard InChI is InChI=1S/C26H29NO5/c1-7-32-26(29)23-22(18-10-14(2)25(28)15(3)11-18)16(4)27-9-8-17-12-20(30-5)21(31-6)13-19(17)24(23)27/h10-13,28H,7-9H2,1-6H3. The Morgan fingerprint density at radius 2 is 1.66 bits per heavy atom. The Labute approximate surface area is 188 Å². The van der Waals surface area contributed by atoms with Crippen LogP contribution in [-0.2, 0) is 17.7 Å². The second-order valence-electron chi connectivity index (χ2n) is 8.13. The van der Waals surface area contributed by atoms with Crippen molar-refractivity contribution < 1.29 is 24.1 Å². The van der Waals surface area contributed by atoms with Crippen molar-refractivity contribution in [3.05, 3.63) is 52.2 Å². The fourth-order valence-electron chi connectivity index (χ4n) is 4.73. The average Bonchev–Trinajstić information content (AvgIpc) is 3.09. The average molecular weight is 436 g/mol. The number of phenols is 1. The molecule has 0 saturated heterocycles. The number of hydrogen-bond acceptors (Lipinski definition) is 5. The molecule has 0 radical (unpaired) electrons. The lowest BCUT2D eigenvalue weighted by atomic mass is 9.92. The van der Waals surface area contributed by atoms with Gasteiger partial charge in [0.05, 0.1) is 32.1 Å². The van der Waals surface area contributed by atoms with Crippen molar-refractivity contribution in [2.45, 2.75) is 40.7 Å². The van der Waals surface area contributed by atoms with Gasteiger partial charge >= 0.3 is 5.97 Å². The van der Waals surface area contributed by atoms with Crippen LogP contribution in [0.2, 0.25) is 0 Å². The molecule has 32 heavy (non-hydrogen) atoms. The number of benzene rings is 2. The minimum Gasteiger partial charge on any atom is -0.507 e. The van der Waals surface area contributed by atoms with Crippen LogP contribution in [0.25, 0.3) is 22.4 Å². The molecule has 1 aliphatic heterocycles. The summed E-state index contributed by atoms with van der Waals surface area (Å²) >= 11 is 0. The molecule has 1 N–H and O–H groups in total. The van der Waals surface area contributed by atoms with E-state index in [9.17, 15) is 9.90 Å². The monoisotopic (exact) mass is 435 g/mol. The molecular weight excluding hydrogens is 406 g/mol. The van der Waals surface area contributed by atoms with Crippen LogP contribution in [0.1, 0.15) is 39.7 Å². The maximum absolute atomic E-state index is 13.3. The Kier molecular flexibility index (Phi) is 5.63. The SMILES string of the molecule is CCOC(=O)c1c(-c2cc(C)c(O)c(C)c2)c(C)n2c1-c1cc(OC)c(OC)cc1CC2. The number of methoxy groups -OCH3 is 2. The van der Waals surface area contributed by atoms with Crippen molar-refractivity contribution in [3.63, 3.8) is 0 Å². The Morgan fingerprint density at radius 3 is 2.25 bits per heavy atom. The molecule has 0 atom stereocenters. The first-order valence-electron chi connectivity index (χ1n) is 10.8. The molecule has 4 rings (SSSR count). The Hall–Kier alpha value is -3.41. The molecule has 0 spiro atoms. The summed E-state index contributed by atoms with van der Waals surface area (Å²) in [5.74, 6) is 1.21. The smallest absolute Gasteiger partial charge is 0.340 e. The summed E-state index contributed by atoms with van der Waals surface area (Å²) in [4.78, 5) is 13.3. The van der Waals surface area contributed by atoms with E-state index in [4.69, 9.17) is 14.2 Å². The first-order valence-corrected chi connectivity index (χ1v) is 10.8. The number of carbonyl (C=O) groups is 1. The predicted octanol–water partition coefficient (Wildman–Crippen LogP) is 5.20. The normalized spacial score (nSPS) is 12.2. The molecule has 1 aromatic heterocycles. The summed E-state index contributed by atoms with van der Waals surface area (Å²) in [6, 6.07) is 7.78. The second kappa shape index (κ2) is 8.26. The molecule has 2 heterocycles. The third-order valence-electron chi connectivity index (χ3n) is 6.25. The third kappa shape index (κ3) is 3.30. The van der Waals surface area contributed by atoms with E-state index in [0.717, 1.165) is 57.7 Å². The Morgan fingerprint density at radius 1 is 1.03 bits per heavy atom. The number of aromatic nitrogens is 1. The highest BCUT2D eigenvalue weighted by Crippen LogP contribution is 2.46. The first kappa shape index (κ1) is 21.8. The van der Waals surface area contributed by atoms with Crippen LogP contribution in [0.15, 0.2) is 24.3 Å². The lowest BCUT2D eigenvalue weighted by molar-refractivity contribution is 0.0528. The van der Waals surface area contributed by atoms with E-state index in [1.807, 2.05) is 52.0 Å². The molecular formula is C26H29NO5. The lowest BCUT2D eigenvalue weighted by Crippen LogP contribution is -2.15. The third-order valence-corrected chi connectivity index (χ3v) is 6.25. The fraction of sp³-hybridized carbons (Fsp3) is 0.346. The number of hydrogen-bond donors (Lipinski definition) is 1. The summed E-state index contributed by atoms with van der Waals surface area (Å²) in [5, 5.41) is 10.3. The van der Waals surface area contributed by atoms with Crippen molar-refractivity contribution in [3.8, 4) is 39.6 Å². The van der Waals surface area contributed by atoms with Crippen molar-refractivity contribution in [1.82, 2.24) is 4.57 Å². The van der Waals surface area contributed by atoms with E-state index in [1.165, 1.54) is 0 Å². The van der Waals surface area contributed by atoms with Gasteiger partial charge in [-0.05, 0) is 80.6 Å².